The van der Waals surface area contributed by atoms with Crippen molar-refractivity contribution in [2.24, 2.45) is 5.84 Å². The SMILES string of the molecule is NNc1cc(NCC(O)C(F)(F)F)nc(N)n1. The lowest BCUT2D eigenvalue weighted by molar-refractivity contribution is -0.198. The molecule has 1 unspecified atom stereocenters. The first-order chi connectivity index (χ1) is 7.82. The Morgan fingerprint density at radius 2 is 1.94 bits per heavy atom. The van der Waals surface area contributed by atoms with Crippen LogP contribution < -0.4 is 22.3 Å². The van der Waals surface area contributed by atoms with E-state index in [2.05, 4.69) is 20.7 Å². The van der Waals surface area contributed by atoms with Gasteiger partial charge in [0.05, 0.1) is 6.54 Å². The molecule has 96 valence electrons. The van der Waals surface area contributed by atoms with Crippen molar-refractivity contribution in [3.63, 3.8) is 0 Å². The number of aliphatic hydroxyl groups excluding tert-OH is 1. The number of nitrogens with zero attached hydrogens (tertiary/aromatic N) is 2. The van der Waals surface area contributed by atoms with Crippen molar-refractivity contribution in [3.8, 4) is 0 Å². The molecule has 1 rings (SSSR count). The molecule has 17 heavy (non-hydrogen) atoms. The average molecular weight is 252 g/mol. The third kappa shape index (κ3) is 3.92. The molecule has 0 saturated heterocycles. The van der Waals surface area contributed by atoms with E-state index in [-0.39, 0.29) is 17.6 Å². The molecular formula is C7H11F3N6O. The Morgan fingerprint density at radius 3 is 2.47 bits per heavy atom. The molecule has 0 aromatic carbocycles. The van der Waals surface area contributed by atoms with Gasteiger partial charge in [-0.3, -0.25) is 0 Å². The monoisotopic (exact) mass is 252 g/mol. The Hall–Kier alpha value is -1.81. The van der Waals surface area contributed by atoms with Crippen molar-refractivity contribution in [3.05, 3.63) is 6.07 Å². The summed E-state index contributed by atoms with van der Waals surface area (Å²) in [4.78, 5) is 7.25. The van der Waals surface area contributed by atoms with Crippen LogP contribution in [0.3, 0.4) is 0 Å². The number of nitrogen functional groups attached to an aromatic ring is 2. The van der Waals surface area contributed by atoms with Gasteiger partial charge in [-0.05, 0) is 0 Å². The molecule has 0 aliphatic rings. The quantitative estimate of drug-likeness (QED) is 0.367. The number of aliphatic hydroxyl groups is 1. The van der Waals surface area contributed by atoms with Crippen LogP contribution >= 0.6 is 0 Å². The number of nitrogens with two attached hydrogens (primary N) is 2. The molecule has 0 bridgehead atoms. The van der Waals surface area contributed by atoms with Gasteiger partial charge in [-0.15, -0.1) is 0 Å². The lowest BCUT2D eigenvalue weighted by Gasteiger charge is -2.15. The van der Waals surface area contributed by atoms with E-state index in [1.165, 1.54) is 6.07 Å². The summed E-state index contributed by atoms with van der Waals surface area (Å²) in [7, 11) is 0. The topological polar surface area (TPSA) is 122 Å². The van der Waals surface area contributed by atoms with Gasteiger partial charge in [-0.2, -0.15) is 23.1 Å². The third-order valence-electron chi connectivity index (χ3n) is 1.75. The molecule has 0 aliphatic carbocycles. The summed E-state index contributed by atoms with van der Waals surface area (Å²) in [5.41, 5.74) is 7.45. The highest BCUT2D eigenvalue weighted by molar-refractivity contribution is 5.50. The number of halogens is 3. The largest absolute Gasteiger partial charge is 0.416 e. The van der Waals surface area contributed by atoms with Gasteiger partial charge in [0.25, 0.3) is 0 Å². The Labute approximate surface area is 94.0 Å². The maximum atomic E-state index is 12.0. The second-order valence-electron chi connectivity index (χ2n) is 3.08. The maximum absolute atomic E-state index is 12.0. The Bertz CT molecular complexity index is 384. The lowest BCUT2D eigenvalue weighted by atomic mass is 10.3. The number of anilines is 3. The second kappa shape index (κ2) is 5.01. The van der Waals surface area contributed by atoms with Crippen molar-refractivity contribution in [2.75, 3.05) is 23.0 Å². The van der Waals surface area contributed by atoms with Crippen LogP contribution in [0.1, 0.15) is 0 Å². The van der Waals surface area contributed by atoms with E-state index >= 15 is 0 Å². The number of hydrogen-bond donors (Lipinski definition) is 5. The fraction of sp³-hybridized carbons (Fsp3) is 0.429. The normalized spacial score (nSPS) is 13.2. The van der Waals surface area contributed by atoms with E-state index < -0.39 is 18.8 Å². The number of hydrazine groups is 1. The van der Waals surface area contributed by atoms with Crippen molar-refractivity contribution in [2.45, 2.75) is 12.3 Å². The van der Waals surface area contributed by atoms with Crippen LogP contribution in [0.5, 0.6) is 0 Å². The lowest BCUT2D eigenvalue weighted by Crippen LogP contribution is -2.35. The number of alkyl halides is 3. The summed E-state index contributed by atoms with van der Waals surface area (Å²) in [6.07, 6.45) is -7.19. The molecule has 0 radical (unpaired) electrons. The van der Waals surface area contributed by atoms with E-state index in [4.69, 9.17) is 16.7 Å². The van der Waals surface area contributed by atoms with Crippen molar-refractivity contribution in [1.82, 2.24) is 9.97 Å². The van der Waals surface area contributed by atoms with Crippen LogP contribution in [0.15, 0.2) is 6.07 Å². The minimum Gasteiger partial charge on any atom is -0.382 e. The van der Waals surface area contributed by atoms with Gasteiger partial charge in [-0.1, -0.05) is 0 Å². The molecule has 0 spiro atoms. The molecule has 0 fully saturated rings. The molecule has 7 N–H and O–H groups in total. The van der Waals surface area contributed by atoms with E-state index in [1.54, 1.807) is 0 Å². The van der Waals surface area contributed by atoms with Crippen LogP contribution in [0.4, 0.5) is 30.8 Å². The van der Waals surface area contributed by atoms with E-state index in [9.17, 15) is 13.2 Å². The zero-order chi connectivity index (χ0) is 13.1. The van der Waals surface area contributed by atoms with Crippen LogP contribution in [0.2, 0.25) is 0 Å². The fourth-order valence-corrected chi connectivity index (χ4v) is 0.947. The van der Waals surface area contributed by atoms with Gasteiger partial charge < -0.3 is 21.6 Å². The predicted molar refractivity (Wildman–Crippen MR) is 54.8 cm³/mol. The number of hydrogen-bond acceptors (Lipinski definition) is 7. The highest BCUT2D eigenvalue weighted by atomic mass is 19.4. The van der Waals surface area contributed by atoms with Crippen molar-refractivity contribution in [1.29, 1.82) is 0 Å². The number of aromatic nitrogens is 2. The summed E-state index contributed by atoms with van der Waals surface area (Å²) >= 11 is 0. The van der Waals surface area contributed by atoms with Gasteiger partial charge in [0.15, 0.2) is 6.10 Å². The zero-order valence-electron chi connectivity index (χ0n) is 8.49. The van der Waals surface area contributed by atoms with Crippen LogP contribution in [0.25, 0.3) is 0 Å². The Kier molecular flexibility index (Phi) is 3.91. The zero-order valence-corrected chi connectivity index (χ0v) is 8.49. The number of rotatable bonds is 4. The minimum atomic E-state index is -4.69. The predicted octanol–water partition coefficient (Wildman–Crippen LogP) is -0.321. The summed E-state index contributed by atoms with van der Waals surface area (Å²) in [6, 6.07) is 1.25. The Morgan fingerprint density at radius 1 is 1.35 bits per heavy atom. The van der Waals surface area contributed by atoms with Crippen LogP contribution in [-0.4, -0.2) is 33.9 Å². The van der Waals surface area contributed by atoms with Gasteiger partial charge in [0.2, 0.25) is 5.95 Å². The first-order valence-electron chi connectivity index (χ1n) is 4.42. The molecule has 7 nitrogen and oxygen atoms in total. The molecule has 1 atom stereocenters. The summed E-state index contributed by atoms with van der Waals surface area (Å²) in [5, 5.41) is 11.0. The second-order valence-corrected chi connectivity index (χ2v) is 3.08. The third-order valence-corrected chi connectivity index (χ3v) is 1.75. The summed E-state index contributed by atoms with van der Waals surface area (Å²) in [6.45, 7) is -0.746. The van der Waals surface area contributed by atoms with Crippen molar-refractivity contribution >= 4 is 17.6 Å². The molecule has 10 heteroatoms. The molecule has 0 amide bonds. The van der Waals surface area contributed by atoms with E-state index in [1.807, 2.05) is 0 Å². The number of nitrogens with one attached hydrogen (secondary N) is 2. The maximum Gasteiger partial charge on any atom is 0.416 e. The summed E-state index contributed by atoms with van der Waals surface area (Å²) < 4.78 is 36.0. The van der Waals surface area contributed by atoms with Crippen molar-refractivity contribution < 1.29 is 18.3 Å². The highest BCUT2D eigenvalue weighted by Gasteiger charge is 2.37. The first-order valence-corrected chi connectivity index (χ1v) is 4.42. The Balaban J connectivity index is 2.66. The molecular weight excluding hydrogens is 241 g/mol. The smallest absolute Gasteiger partial charge is 0.382 e. The molecule has 1 aromatic heterocycles. The van der Waals surface area contributed by atoms with Gasteiger partial charge in [-0.25, -0.2) is 5.84 Å². The van der Waals surface area contributed by atoms with Gasteiger partial charge in [0, 0.05) is 6.07 Å². The van der Waals surface area contributed by atoms with E-state index in [0.29, 0.717) is 0 Å². The van der Waals surface area contributed by atoms with E-state index in [0.717, 1.165) is 0 Å². The molecule has 1 aromatic rings. The average Bonchev–Trinajstić information content (AvgIpc) is 2.23. The van der Waals surface area contributed by atoms with Crippen LogP contribution in [-0.2, 0) is 0 Å². The molecule has 0 aliphatic heterocycles. The minimum absolute atomic E-state index is 0.0220. The first kappa shape index (κ1) is 13.3. The molecule has 0 saturated carbocycles. The fourth-order valence-electron chi connectivity index (χ4n) is 0.947. The van der Waals surface area contributed by atoms with Gasteiger partial charge >= 0.3 is 6.18 Å². The standard InChI is InChI=1S/C7H11F3N6O/c8-7(9,10)3(17)2-13-4-1-5(16-12)15-6(11)14-4/h1,3,17H,2,12H2,(H4,11,13,14,15,16). The van der Waals surface area contributed by atoms with Crippen LogP contribution in [0, 0.1) is 0 Å². The highest BCUT2D eigenvalue weighted by Crippen LogP contribution is 2.20. The summed E-state index contributed by atoms with van der Waals surface area (Å²) in [5.74, 6) is 5.06. The van der Waals surface area contributed by atoms with Gasteiger partial charge in [0.1, 0.15) is 11.6 Å². The molecule has 1 heterocycles.